The van der Waals surface area contributed by atoms with Crippen molar-refractivity contribution >= 4 is 5.97 Å². The molecule has 0 rings (SSSR count). The molecule has 4 heteroatoms. The van der Waals surface area contributed by atoms with Crippen LogP contribution in [0.2, 0.25) is 0 Å². The smallest absolute Gasteiger partial charge is 0.304 e. The Balaban J connectivity index is 4.45. The predicted molar refractivity (Wildman–Crippen MR) is 60.7 cm³/mol. The van der Waals surface area contributed by atoms with Gasteiger partial charge in [0.15, 0.2) is 5.60 Å². The number of rotatable bonds is 5. The third-order valence-corrected chi connectivity index (χ3v) is 1.53. The molecule has 0 amide bonds. The first-order valence-corrected chi connectivity index (χ1v) is 5.36. The van der Waals surface area contributed by atoms with Gasteiger partial charge in [-0.05, 0) is 33.6 Å². The molecular formula is C12H20O4. The van der Waals surface area contributed by atoms with E-state index in [1.165, 1.54) is 6.92 Å². The fraction of sp³-hybridized carbons (Fsp3) is 0.750. The molecule has 0 saturated carbocycles. The highest BCUT2D eigenvalue weighted by atomic mass is 16.7. The highest BCUT2D eigenvalue weighted by Crippen LogP contribution is 2.07. The van der Waals surface area contributed by atoms with Gasteiger partial charge in [-0.1, -0.05) is 5.92 Å². The standard InChI is InChI=1S/C12H20O4/c1-6-14-11(15-7-2)8-9-12(4,5)16-10(3)13/h11H,6-7H2,1-5H3. The molecule has 0 atom stereocenters. The summed E-state index contributed by atoms with van der Waals surface area (Å²) in [5, 5.41) is 0. The lowest BCUT2D eigenvalue weighted by Crippen LogP contribution is -2.26. The summed E-state index contributed by atoms with van der Waals surface area (Å²) in [5.74, 6) is 5.25. The molecule has 0 fully saturated rings. The molecule has 0 heterocycles. The Bertz CT molecular complexity index is 266. The zero-order valence-electron chi connectivity index (χ0n) is 10.6. The Morgan fingerprint density at radius 1 is 1.25 bits per heavy atom. The molecule has 0 N–H and O–H groups in total. The fourth-order valence-electron chi connectivity index (χ4n) is 1.05. The summed E-state index contributed by atoms with van der Waals surface area (Å²) in [6.07, 6.45) is -0.565. The average Bonchev–Trinajstić information content (AvgIpc) is 2.13. The van der Waals surface area contributed by atoms with Gasteiger partial charge in [0.1, 0.15) is 0 Å². The lowest BCUT2D eigenvalue weighted by atomic mass is 10.1. The summed E-state index contributed by atoms with van der Waals surface area (Å²) in [5.41, 5.74) is -0.821. The Morgan fingerprint density at radius 3 is 2.12 bits per heavy atom. The Kier molecular flexibility index (Phi) is 6.78. The van der Waals surface area contributed by atoms with E-state index in [0.717, 1.165) is 0 Å². The van der Waals surface area contributed by atoms with Crippen LogP contribution in [0, 0.1) is 11.8 Å². The second-order valence-electron chi connectivity index (χ2n) is 3.62. The number of ether oxygens (including phenoxy) is 3. The van der Waals surface area contributed by atoms with Crippen LogP contribution in [-0.4, -0.2) is 31.1 Å². The second kappa shape index (κ2) is 7.26. The third-order valence-electron chi connectivity index (χ3n) is 1.53. The quantitative estimate of drug-likeness (QED) is 0.408. The molecule has 0 aliphatic heterocycles. The second-order valence-corrected chi connectivity index (χ2v) is 3.62. The maximum atomic E-state index is 10.8. The van der Waals surface area contributed by atoms with Crippen LogP contribution in [0.5, 0.6) is 0 Å². The highest BCUT2D eigenvalue weighted by molar-refractivity contribution is 5.66. The molecule has 0 aromatic carbocycles. The van der Waals surface area contributed by atoms with Gasteiger partial charge in [-0.2, -0.15) is 0 Å². The summed E-state index contributed by atoms with van der Waals surface area (Å²) in [7, 11) is 0. The van der Waals surface area contributed by atoms with Crippen molar-refractivity contribution in [2.45, 2.75) is 46.5 Å². The van der Waals surface area contributed by atoms with Gasteiger partial charge in [-0.15, -0.1) is 0 Å². The molecule has 0 spiro atoms. The largest absolute Gasteiger partial charge is 0.447 e. The lowest BCUT2D eigenvalue weighted by molar-refractivity contribution is -0.149. The Hall–Kier alpha value is -1.05. The molecule has 4 nitrogen and oxygen atoms in total. The SMILES string of the molecule is CCOC(C#CC(C)(C)OC(C)=O)OCC. The first kappa shape index (κ1) is 14.9. The van der Waals surface area contributed by atoms with E-state index >= 15 is 0 Å². The molecule has 0 aliphatic rings. The van der Waals surface area contributed by atoms with Gasteiger partial charge in [0.05, 0.1) is 0 Å². The van der Waals surface area contributed by atoms with E-state index in [9.17, 15) is 4.79 Å². The van der Waals surface area contributed by atoms with Crippen molar-refractivity contribution in [2.75, 3.05) is 13.2 Å². The minimum Gasteiger partial charge on any atom is -0.447 e. The van der Waals surface area contributed by atoms with E-state index in [2.05, 4.69) is 11.8 Å². The topological polar surface area (TPSA) is 44.8 Å². The number of hydrogen-bond acceptors (Lipinski definition) is 4. The van der Waals surface area contributed by atoms with E-state index in [4.69, 9.17) is 14.2 Å². The third kappa shape index (κ3) is 7.27. The van der Waals surface area contributed by atoms with Gasteiger partial charge >= 0.3 is 5.97 Å². The summed E-state index contributed by atoms with van der Waals surface area (Å²) in [4.78, 5) is 10.8. The normalized spacial score (nSPS) is 10.9. The number of hydrogen-bond donors (Lipinski definition) is 0. The maximum absolute atomic E-state index is 10.8. The predicted octanol–water partition coefficient (Wildman–Crippen LogP) is 1.73. The van der Waals surface area contributed by atoms with Crippen LogP contribution < -0.4 is 0 Å². The molecule has 0 bridgehead atoms. The van der Waals surface area contributed by atoms with E-state index in [0.29, 0.717) is 13.2 Å². The molecule has 0 radical (unpaired) electrons. The van der Waals surface area contributed by atoms with E-state index in [-0.39, 0.29) is 5.97 Å². The molecule has 92 valence electrons. The first-order valence-electron chi connectivity index (χ1n) is 5.36. The average molecular weight is 228 g/mol. The van der Waals surface area contributed by atoms with Crippen LogP contribution in [0.25, 0.3) is 0 Å². The molecule has 0 aliphatic carbocycles. The molecule has 0 unspecified atom stereocenters. The van der Waals surface area contributed by atoms with E-state index in [1.54, 1.807) is 13.8 Å². The van der Waals surface area contributed by atoms with Crippen molar-refractivity contribution in [3.63, 3.8) is 0 Å². The van der Waals surface area contributed by atoms with Crippen LogP contribution in [0.1, 0.15) is 34.6 Å². The zero-order chi connectivity index (χ0) is 12.6. The minimum atomic E-state index is -0.821. The van der Waals surface area contributed by atoms with Crippen molar-refractivity contribution in [2.24, 2.45) is 0 Å². The lowest BCUT2D eigenvalue weighted by Gasteiger charge is -2.18. The molecular weight excluding hydrogens is 208 g/mol. The van der Waals surface area contributed by atoms with Gasteiger partial charge in [-0.3, -0.25) is 4.79 Å². The van der Waals surface area contributed by atoms with Crippen LogP contribution in [-0.2, 0) is 19.0 Å². The van der Waals surface area contributed by atoms with Crippen LogP contribution >= 0.6 is 0 Å². The van der Waals surface area contributed by atoms with Crippen molar-refractivity contribution in [3.05, 3.63) is 0 Å². The van der Waals surface area contributed by atoms with Crippen molar-refractivity contribution in [3.8, 4) is 11.8 Å². The van der Waals surface area contributed by atoms with Gasteiger partial charge in [0.2, 0.25) is 6.29 Å². The van der Waals surface area contributed by atoms with Gasteiger partial charge in [0, 0.05) is 20.1 Å². The molecule has 16 heavy (non-hydrogen) atoms. The van der Waals surface area contributed by atoms with Crippen LogP contribution in [0.3, 0.4) is 0 Å². The van der Waals surface area contributed by atoms with Crippen LogP contribution in [0.15, 0.2) is 0 Å². The van der Waals surface area contributed by atoms with Crippen LogP contribution in [0.4, 0.5) is 0 Å². The van der Waals surface area contributed by atoms with Crippen molar-refractivity contribution < 1.29 is 19.0 Å². The van der Waals surface area contributed by atoms with Gasteiger partial charge in [0.25, 0.3) is 0 Å². The molecule has 0 saturated heterocycles. The van der Waals surface area contributed by atoms with Crippen molar-refractivity contribution in [1.82, 2.24) is 0 Å². The Morgan fingerprint density at radius 2 is 1.75 bits per heavy atom. The Labute approximate surface area is 97.3 Å². The number of carbonyl (C=O) groups excluding carboxylic acids is 1. The fourth-order valence-corrected chi connectivity index (χ4v) is 1.05. The summed E-state index contributed by atoms with van der Waals surface area (Å²) < 4.78 is 15.5. The highest BCUT2D eigenvalue weighted by Gasteiger charge is 2.18. The first-order chi connectivity index (χ1) is 7.41. The number of esters is 1. The van der Waals surface area contributed by atoms with Gasteiger partial charge < -0.3 is 14.2 Å². The van der Waals surface area contributed by atoms with Crippen molar-refractivity contribution in [1.29, 1.82) is 0 Å². The summed E-state index contributed by atoms with van der Waals surface area (Å²) in [6, 6.07) is 0. The zero-order valence-corrected chi connectivity index (χ0v) is 10.6. The molecule has 0 aromatic rings. The summed E-state index contributed by atoms with van der Waals surface area (Å²) in [6.45, 7) is 9.56. The van der Waals surface area contributed by atoms with Gasteiger partial charge in [-0.25, -0.2) is 0 Å². The minimum absolute atomic E-state index is 0.358. The van der Waals surface area contributed by atoms with E-state index in [1.807, 2.05) is 13.8 Å². The monoisotopic (exact) mass is 228 g/mol. The maximum Gasteiger partial charge on any atom is 0.304 e. The van der Waals surface area contributed by atoms with E-state index < -0.39 is 11.9 Å². The summed E-state index contributed by atoms with van der Waals surface area (Å²) >= 11 is 0. The number of carbonyl (C=O) groups is 1. The molecule has 0 aromatic heterocycles.